The van der Waals surface area contributed by atoms with Crippen molar-refractivity contribution in [3.63, 3.8) is 0 Å². The molecule has 0 atom stereocenters. The third-order valence-electron chi connectivity index (χ3n) is 3.12. The minimum Gasteiger partial charge on any atom is -0.312 e. The second-order valence-corrected chi connectivity index (χ2v) is 6.38. The van der Waals surface area contributed by atoms with E-state index in [0.29, 0.717) is 0 Å². The van der Waals surface area contributed by atoms with Crippen LogP contribution in [0, 0.1) is 0 Å². The minimum absolute atomic E-state index is 0.957. The van der Waals surface area contributed by atoms with E-state index in [1.807, 2.05) is 26.0 Å². The lowest BCUT2D eigenvalue weighted by molar-refractivity contribution is 0.505. The van der Waals surface area contributed by atoms with Gasteiger partial charge in [0.15, 0.2) is 0 Å². The average molecular weight is 307 g/mol. The quantitative estimate of drug-likeness (QED) is 0.351. The number of nitrogens with zero attached hydrogens (tertiary/aromatic N) is 1. The van der Waals surface area contributed by atoms with Crippen LogP contribution < -0.4 is 4.84 Å². The Morgan fingerprint density at radius 2 is 0.950 bits per heavy atom. The first kappa shape index (κ1) is 22.5. The van der Waals surface area contributed by atoms with E-state index < -0.39 is 0 Å². The number of rotatable bonds is 13. The van der Waals surface area contributed by atoms with E-state index >= 15 is 0 Å². The van der Waals surface area contributed by atoms with Crippen LogP contribution in [-0.2, 0) is 0 Å². The van der Waals surface area contributed by atoms with E-state index in [4.69, 9.17) is 11.8 Å². The van der Waals surface area contributed by atoms with Crippen molar-refractivity contribution in [2.75, 3.05) is 27.7 Å². The van der Waals surface area contributed by atoms with Crippen LogP contribution in [0.5, 0.6) is 0 Å². The molecule has 0 heterocycles. The minimum atomic E-state index is 0.957. The molecule has 3 heteroatoms. The van der Waals surface area contributed by atoms with E-state index in [0.717, 1.165) is 6.54 Å². The lowest BCUT2D eigenvalue weighted by atomic mass is 10.1. The third-order valence-corrected chi connectivity index (χ3v) is 3.31. The largest absolute Gasteiger partial charge is 0.312 e. The van der Waals surface area contributed by atoms with Gasteiger partial charge in [-0.05, 0) is 39.3 Å². The van der Waals surface area contributed by atoms with Crippen LogP contribution in [0.1, 0.15) is 84.0 Å². The van der Waals surface area contributed by atoms with Gasteiger partial charge in [0, 0.05) is 6.54 Å². The normalized spacial score (nSPS) is 10.5. The Morgan fingerprint density at radius 3 is 1.25 bits per heavy atom. The molecule has 1 N–H and O–H groups in total. The Labute approximate surface area is 133 Å². The maximum absolute atomic E-state index is 5.38. The fourth-order valence-electron chi connectivity index (χ4n) is 2.03. The van der Waals surface area contributed by atoms with Crippen molar-refractivity contribution in [2.24, 2.45) is 0 Å². The lowest BCUT2D eigenvalue weighted by Crippen LogP contribution is -1.99. The fourth-order valence-corrected chi connectivity index (χ4v) is 2.17. The highest BCUT2D eigenvalue weighted by Gasteiger charge is 1.92. The SMILES string of the molecule is CCCCCCCCCCCCCCNCl.CN(C)C. The summed E-state index contributed by atoms with van der Waals surface area (Å²) < 4.78 is 0. The summed E-state index contributed by atoms with van der Waals surface area (Å²) >= 11 is 5.38. The summed E-state index contributed by atoms with van der Waals surface area (Å²) in [6.45, 7) is 3.23. The van der Waals surface area contributed by atoms with Crippen molar-refractivity contribution in [1.29, 1.82) is 0 Å². The first-order chi connectivity index (χ1) is 9.65. The molecule has 0 aromatic rings. The Morgan fingerprint density at radius 1 is 0.650 bits per heavy atom. The number of hydrogen-bond acceptors (Lipinski definition) is 2. The molecule has 0 rings (SSSR count). The smallest absolute Gasteiger partial charge is 0.0108 e. The number of hydrogen-bond donors (Lipinski definition) is 1. The highest BCUT2D eigenvalue weighted by Crippen LogP contribution is 2.11. The molecule has 2 nitrogen and oxygen atoms in total. The first-order valence-electron chi connectivity index (χ1n) is 8.59. The molecule has 0 radical (unpaired) electrons. The zero-order valence-electron chi connectivity index (χ0n) is 14.5. The van der Waals surface area contributed by atoms with Gasteiger partial charge in [-0.25, -0.2) is 4.84 Å². The van der Waals surface area contributed by atoms with Crippen LogP contribution in [0.2, 0.25) is 0 Å². The van der Waals surface area contributed by atoms with Crippen LogP contribution in [0.15, 0.2) is 0 Å². The van der Waals surface area contributed by atoms with Gasteiger partial charge >= 0.3 is 0 Å². The van der Waals surface area contributed by atoms with Crippen molar-refractivity contribution in [2.45, 2.75) is 84.0 Å². The second kappa shape index (κ2) is 21.5. The first-order valence-corrected chi connectivity index (χ1v) is 8.97. The molecule has 0 aromatic heterocycles. The summed E-state index contributed by atoms with van der Waals surface area (Å²) in [4.78, 5) is 4.68. The third kappa shape index (κ3) is 30.9. The molecule has 0 unspecified atom stereocenters. The molecule has 0 fully saturated rings. The van der Waals surface area contributed by atoms with E-state index in [1.165, 1.54) is 77.0 Å². The molecule has 0 aromatic carbocycles. The van der Waals surface area contributed by atoms with Gasteiger partial charge in [0.1, 0.15) is 0 Å². The average Bonchev–Trinajstić information content (AvgIpc) is 2.39. The topological polar surface area (TPSA) is 15.3 Å². The van der Waals surface area contributed by atoms with Crippen LogP contribution in [-0.4, -0.2) is 32.6 Å². The summed E-state index contributed by atoms with van der Waals surface area (Å²) in [5.74, 6) is 0. The molecular weight excluding hydrogens is 268 g/mol. The molecule has 20 heavy (non-hydrogen) atoms. The van der Waals surface area contributed by atoms with Gasteiger partial charge in [-0.2, -0.15) is 0 Å². The fraction of sp³-hybridized carbons (Fsp3) is 1.00. The van der Waals surface area contributed by atoms with Gasteiger partial charge in [0.2, 0.25) is 0 Å². The van der Waals surface area contributed by atoms with Gasteiger partial charge in [-0.3, -0.25) is 0 Å². The summed E-state index contributed by atoms with van der Waals surface area (Å²) in [6, 6.07) is 0. The highest BCUT2D eigenvalue weighted by atomic mass is 35.5. The molecule has 0 spiro atoms. The predicted octanol–water partition coefficient (Wildman–Crippen LogP) is 5.61. The lowest BCUT2D eigenvalue weighted by Gasteiger charge is -2.02. The molecule has 124 valence electrons. The molecule has 0 saturated heterocycles. The second-order valence-electron chi connectivity index (χ2n) is 6.11. The van der Waals surface area contributed by atoms with Gasteiger partial charge in [-0.15, -0.1) is 0 Å². The zero-order chi connectivity index (χ0) is 15.5. The Bertz CT molecular complexity index is 135. The van der Waals surface area contributed by atoms with Crippen molar-refractivity contribution in [3.8, 4) is 0 Å². The number of nitrogens with one attached hydrogen (secondary N) is 1. The summed E-state index contributed by atoms with van der Waals surface area (Å²) in [7, 11) is 6.00. The van der Waals surface area contributed by atoms with E-state index in [-0.39, 0.29) is 0 Å². The van der Waals surface area contributed by atoms with Crippen molar-refractivity contribution >= 4 is 11.8 Å². The van der Waals surface area contributed by atoms with Crippen LogP contribution in [0.25, 0.3) is 0 Å². The maximum atomic E-state index is 5.38. The summed E-state index contributed by atoms with van der Waals surface area (Å²) in [5.41, 5.74) is 0. The van der Waals surface area contributed by atoms with E-state index in [9.17, 15) is 0 Å². The molecule has 0 saturated carbocycles. The van der Waals surface area contributed by atoms with E-state index in [1.54, 1.807) is 0 Å². The molecule has 0 aliphatic carbocycles. The van der Waals surface area contributed by atoms with Crippen molar-refractivity contribution < 1.29 is 0 Å². The maximum Gasteiger partial charge on any atom is 0.0108 e. The van der Waals surface area contributed by atoms with Gasteiger partial charge in [0.05, 0.1) is 0 Å². The molecule has 0 amide bonds. The van der Waals surface area contributed by atoms with Crippen molar-refractivity contribution in [1.82, 2.24) is 9.74 Å². The predicted molar refractivity (Wildman–Crippen MR) is 94.5 cm³/mol. The van der Waals surface area contributed by atoms with Crippen molar-refractivity contribution in [3.05, 3.63) is 0 Å². The van der Waals surface area contributed by atoms with Crippen LogP contribution in [0.4, 0.5) is 0 Å². The number of unbranched alkanes of at least 4 members (excludes halogenated alkanes) is 11. The molecular formula is C17H39ClN2. The monoisotopic (exact) mass is 306 g/mol. The number of halogens is 1. The standard InChI is InChI=1S/C14H30ClN.C3H9N/c1-2-3-4-5-6-7-8-9-10-11-12-13-14-16-15;1-4(2)3/h16H,2-14H2,1H3;1-3H3. The molecule has 0 bridgehead atoms. The summed E-state index contributed by atoms with van der Waals surface area (Å²) in [5, 5.41) is 0. The summed E-state index contributed by atoms with van der Waals surface area (Å²) in [6.07, 6.45) is 16.8. The van der Waals surface area contributed by atoms with E-state index in [2.05, 4.69) is 11.8 Å². The van der Waals surface area contributed by atoms with Crippen LogP contribution >= 0.6 is 11.8 Å². The van der Waals surface area contributed by atoms with Crippen LogP contribution in [0.3, 0.4) is 0 Å². The highest BCUT2D eigenvalue weighted by molar-refractivity contribution is 6.13. The molecule has 0 aliphatic rings. The Hall–Kier alpha value is 0.210. The van der Waals surface area contributed by atoms with Gasteiger partial charge in [0.25, 0.3) is 0 Å². The Balaban J connectivity index is 0. The zero-order valence-corrected chi connectivity index (χ0v) is 15.3. The van der Waals surface area contributed by atoms with Gasteiger partial charge in [-0.1, -0.05) is 77.6 Å². The Kier molecular flexibility index (Phi) is 24.2. The van der Waals surface area contributed by atoms with Gasteiger partial charge < -0.3 is 4.90 Å². The molecule has 0 aliphatic heterocycles.